The van der Waals surface area contributed by atoms with Crippen LogP contribution in [0.25, 0.3) is 0 Å². The maximum absolute atomic E-state index is 12.6. The van der Waals surface area contributed by atoms with Gasteiger partial charge in [0.2, 0.25) is 5.91 Å². The van der Waals surface area contributed by atoms with Crippen LogP contribution in [0, 0.1) is 5.92 Å². The molecular formula is C28H40N2O3. The quantitative estimate of drug-likeness (QED) is 0.520. The smallest absolute Gasteiger partial charge is 0.219 e. The summed E-state index contributed by atoms with van der Waals surface area (Å²) in [6.07, 6.45) is 2.96. The third-order valence-corrected chi connectivity index (χ3v) is 7.06. The zero-order valence-corrected chi connectivity index (χ0v) is 21.1. The maximum Gasteiger partial charge on any atom is 0.219 e. The summed E-state index contributed by atoms with van der Waals surface area (Å²) in [4.78, 5) is 16.7. The maximum atomic E-state index is 12.6. The molecule has 2 aromatic rings. The number of para-hydroxylation sites is 1. The third-order valence-electron chi connectivity index (χ3n) is 7.06. The topological polar surface area (TPSA) is 42.0 Å². The highest BCUT2D eigenvalue weighted by Crippen LogP contribution is 2.45. The Morgan fingerprint density at radius 2 is 1.85 bits per heavy atom. The van der Waals surface area contributed by atoms with Crippen molar-refractivity contribution >= 4 is 11.6 Å². The molecule has 1 saturated heterocycles. The van der Waals surface area contributed by atoms with Crippen LogP contribution in [0.4, 0.5) is 5.69 Å². The van der Waals surface area contributed by atoms with E-state index in [0.29, 0.717) is 19.0 Å². The van der Waals surface area contributed by atoms with Gasteiger partial charge in [0.1, 0.15) is 5.75 Å². The Kier molecular flexibility index (Phi) is 8.41. The first-order valence-corrected chi connectivity index (χ1v) is 12.0. The minimum absolute atomic E-state index is 0.0811. The lowest BCUT2D eigenvalue weighted by Gasteiger charge is -2.44. The number of carbonyl (C=O) groups excluding carboxylic acids is 1. The van der Waals surface area contributed by atoms with Gasteiger partial charge >= 0.3 is 0 Å². The summed E-state index contributed by atoms with van der Waals surface area (Å²) >= 11 is 0. The molecule has 5 heteroatoms. The molecule has 1 fully saturated rings. The van der Waals surface area contributed by atoms with Crippen molar-refractivity contribution < 1.29 is 14.3 Å². The number of methoxy groups -OCH3 is 1. The number of benzene rings is 2. The van der Waals surface area contributed by atoms with Gasteiger partial charge < -0.3 is 19.3 Å². The number of carbonyl (C=O) groups is 1. The molecular weight excluding hydrogens is 412 g/mol. The van der Waals surface area contributed by atoms with Gasteiger partial charge in [0, 0.05) is 57.4 Å². The summed E-state index contributed by atoms with van der Waals surface area (Å²) in [5.41, 5.74) is 3.46. The van der Waals surface area contributed by atoms with Crippen molar-refractivity contribution in [3.8, 4) is 5.75 Å². The normalized spacial score (nSPS) is 20.5. The highest BCUT2D eigenvalue weighted by Gasteiger charge is 2.41. The van der Waals surface area contributed by atoms with Gasteiger partial charge in [0.05, 0.1) is 13.2 Å². The molecule has 0 aromatic heterocycles. The van der Waals surface area contributed by atoms with E-state index in [1.54, 1.807) is 14.0 Å². The highest BCUT2D eigenvalue weighted by atomic mass is 16.5. The summed E-state index contributed by atoms with van der Waals surface area (Å²) < 4.78 is 11.9. The summed E-state index contributed by atoms with van der Waals surface area (Å²) in [5, 5.41) is 0. The molecule has 2 atom stereocenters. The zero-order valence-electron chi connectivity index (χ0n) is 21.1. The molecule has 0 unspecified atom stereocenters. The molecule has 1 amide bonds. The average molecular weight is 453 g/mol. The Balaban J connectivity index is 1.84. The van der Waals surface area contributed by atoms with E-state index in [-0.39, 0.29) is 17.4 Å². The fraction of sp³-hybridized carbons (Fsp3) is 0.536. The molecule has 33 heavy (non-hydrogen) atoms. The van der Waals surface area contributed by atoms with Gasteiger partial charge in [-0.1, -0.05) is 44.2 Å². The molecule has 0 spiro atoms. The van der Waals surface area contributed by atoms with Crippen molar-refractivity contribution in [1.82, 2.24) is 4.90 Å². The van der Waals surface area contributed by atoms with Crippen molar-refractivity contribution in [1.29, 1.82) is 0 Å². The Morgan fingerprint density at radius 1 is 1.15 bits per heavy atom. The lowest BCUT2D eigenvalue weighted by Crippen LogP contribution is -2.43. The minimum atomic E-state index is -0.0811. The Hall–Kier alpha value is -2.53. The molecule has 180 valence electrons. The molecule has 0 N–H and O–H groups in total. The second-order valence-electron chi connectivity index (χ2n) is 9.84. The van der Waals surface area contributed by atoms with Crippen LogP contribution in [0.1, 0.15) is 51.2 Å². The fourth-order valence-electron chi connectivity index (χ4n) is 4.89. The third kappa shape index (κ3) is 6.08. The summed E-state index contributed by atoms with van der Waals surface area (Å²) in [6, 6.07) is 16.8. The first-order chi connectivity index (χ1) is 15.8. The van der Waals surface area contributed by atoms with E-state index in [0.717, 1.165) is 42.9 Å². The molecule has 0 aliphatic carbocycles. The molecule has 1 aliphatic rings. The van der Waals surface area contributed by atoms with E-state index in [1.165, 1.54) is 5.56 Å². The van der Waals surface area contributed by atoms with Crippen molar-refractivity contribution in [2.45, 2.75) is 58.1 Å². The average Bonchev–Trinajstić information content (AvgIpc) is 2.82. The first-order valence-electron chi connectivity index (χ1n) is 12.0. The standard InChI is InChI=1S/C28H40N2O3/c1-21(2)27-19-28(16-18-33-27,25-9-7-8-10-26(25)32-6)15-17-30(22(3)31)20-23-11-13-24(14-12-23)29(4)5/h7-14,21,27H,15-20H2,1-6H3/t27-,28-/m0/s1. The SMILES string of the molecule is COc1ccccc1[C@@]1(CCN(Cc2ccc(N(C)C)cc2)C(C)=O)CCO[C@H](C(C)C)C1. The number of rotatable bonds is 9. The molecule has 5 nitrogen and oxygen atoms in total. The van der Waals surface area contributed by atoms with Gasteiger partial charge in [0.25, 0.3) is 0 Å². The largest absolute Gasteiger partial charge is 0.496 e. The van der Waals surface area contributed by atoms with Gasteiger partial charge in [-0.15, -0.1) is 0 Å². The highest BCUT2D eigenvalue weighted by molar-refractivity contribution is 5.73. The lowest BCUT2D eigenvalue weighted by atomic mass is 9.68. The second kappa shape index (κ2) is 11.1. The lowest BCUT2D eigenvalue weighted by molar-refractivity contribution is -0.130. The van der Waals surface area contributed by atoms with Gasteiger partial charge in [-0.05, 0) is 48.9 Å². The van der Waals surface area contributed by atoms with Crippen LogP contribution in [0.3, 0.4) is 0 Å². The van der Waals surface area contributed by atoms with Crippen LogP contribution < -0.4 is 9.64 Å². The number of ether oxygens (including phenoxy) is 2. The van der Waals surface area contributed by atoms with Crippen LogP contribution in [0.2, 0.25) is 0 Å². The molecule has 3 rings (SSSR count). The number of hydrogen-bond donors (Lipinski definition) is 0. The van der Waals surface area contributed by atoms with Crippen LogP contribution >= 0.6 is 0 Å². The van der Waals surface area contributed by atoms with Gasteiger partial charge in [-0.25, -0.2) is 0 Å². The summed E-state index contributed by atoms with van der Waals surface area (Å²) in [7, 11) is 5.81. The van der Waals surface area contributed by atoms with E-state index >= 15 is 0 Å². The summed E-state index contributed by atoms with van der Waals surface area (Å²) in [5.74, 6) is 1.48. The van der Waals surface area contributed by atoms with Crippen LogP contribution in [0.5, 0.6) is 5.75 Å². The Labute approximate surface area is 199 Å². The van der Waals surface area contributed by atoms with Gasteiger partial charge in [0.15, 0.2) is 0 Å². The first kappa shape index (κ1) is 25.1. The predicted octanol–water partition coefficient (Wildman–Crippen LogP) is 5.27. The number of amides is 1. The molecule has 1 aliphatic heterocycles. The Morgan fingerprint density at radius 3 is 2.45 bits per heavy atom. The van der Waals surface area contributed by atoms with Crippen molar-refractivity contribution in [2.24, 2.45) is 5.92 Å². The monoisotopic (exact) mass is 452 g/mol. The molecule has 0 saturated carbocycles. The molecule has 0 bridgehead atoms. The van der Waals surface area contributed by atoms with Crippen LogP contribution in [-0.4, -0.2) is 51.3 Å². The zero-order chi connectivity index (χ0) is 24.0. The van der Waals surface area contributed by atoms with Crippen molar-refractivity contribution in [2.75, 3.05) is 39.3 Å². The van der Waals surface area contributed by atoms with E-state index < -0.39 is 0 Å². The van der Waals surface area contributed by atoms with Gasteiger partial charge in [-0.2, -0.15) is 0 Å². The molecule has 1 heterocycles. The fourth-order valence-corrected chi connectivity index (χ4v) is 4.89. The van der Waals surface area contributed by atoms with Crippen LogP contribution in [-0.2, 0) is 21.5 Å². The van der Waals surface area contributed by atoms with E-state index in [1.807, 2.05) is 31.1 Å². The number of anilines is 1. The van der Waals surface area contributed by atoms with E-state index in [2.05, 4.69) is 55.1 Å². The number of hydrogen-bond acceptors (Lipinski definition) is 4. The summed E-state index contributed by atoms with van der Waals surface area (Å²) in [6.45, 7) is 8.17. The van der Waals surface area contributed by atoms with Crippen LogP contribution in [0.15, 0.2) is 48.5 Å². The number of nitrogens with zero attached hydrogens (tertiary/aromatic N) is 2. The Bertz CT molecular complexity index is 910. The predicted molar refractivity (Wildman–Crippen MR) is 135 cm³/mol. The second-order valence-corrected chi connectivity index (χ2v) is 9.84. The van der Waals surface area contributed by atoms with Crippen molar-refractivity contribution in [3.63, 3.8) is 0 Å². The minimum Gasteiger partial charge on any atom is -0.496 e. The molecule has 2 aromatic carbocycles. The van der Waals surface area contributed by atoms with Gasteiger partial charge in [-0.3, -0.25) is 4.79 Å². The van der Waals surface area contributed by atoms with E-state index in [9.17, 15) is 4.79 Å². The van der Waals surface area contributed by atoms with E-state index in [4.69, 9.17) is 9.47 Å². The van der Waals surface area contributed by atoms with Crippen molar-refractivity contribution in [3.05, 3.63) is 59.7 Å². The molecule has 0 radical (unpaired) electrons.